The van der Waals surface area contributed by atoms with Crippen LogP contribution in [0.2, 0.25) is 0 Å². The largest absolute Gasteiger partial charge is 0.449 e. The molecule has 2 atom stereocenters. The Bertz CT molecular complexity index is 977. The van der Waals surface area contributed by atoms with Crippen molar-refractivity contribution < 1.29 is 22.7 Å². The molecule has 0 unspecified atom stereocenters. The monoisotopic (exact) mass is 439 g/mol. The minimum absolute atomic E-state index is 0.0417. The fraction of sp³-hybridized carbons (Fsp3) is 0.500. The Balaban J connectivity index is 1.57. The van der Waals surface area contributed by atoms with Crippen molar-refractivity contribution in [3.05, 3.63) is 51.7 Å². The maximum absolute atomic E-state index is 12.9. The van der Waals surface area contributed by atoms with Crippen molar-refractivity contribution in [3.8, 4) is 0 Å². The Hall–Kier alpha value is -3.11. The quantitative estimate of drug-likeness (QED) is 0.788. The lowest BCUT2D eigenvalue weighted by Crippen LogP contribution is -2.58. The number of carbonyl (C=O) groups excluding carboxylic acids is 1. The lowest BCUT2D eigenvalue weighted by atomic mass is 10.1. The van der Waals surface area contributed by atoms with E-state index >= 15 is 0 Å². The highest BCUT2D eigenvalue weighted by atomic mass is 19.4. The number of aromatic nitrogens is 3. The number of anilines is 1. The van der Waals surface area contributed by atoms with Gasteiger partial charge < -0.3 is 19.5 Å². The predicted molar refractivity (Wildman–Crippen MR) is 107 cm³/mol. The van der Waals surface area contributed by atoms with Crippen molar-refractivity contribution in [1.29, 1.82) is 0 Å². The molecule has 0 spiro atoms. The SMILES string of the molecule is Cc1cnc(N2C[C@H](C)N(C(=O)OCCc3c[nH]c(=O)c(C(F)(F)F)c3)C[C@H]2C)nc1. The molecule has 11 heteroatoms. The molecule has 0 saturated carbocycles. The molecule has 0 aliphatic carbocycles. The molecular formula is C20H24F3N5O3. The van der Waals surface area contributed by atoms with Gasteiger partial charge in [0.05, 0.1) is 6.61 Å². The van der Waals surface area contributed by atoms with Crippen molar-refractivity contribution in [3.63, 3.8) is 0 Å². The normalized spacial score (nSPS) is 19.4. The molecule has 8 nitrogen and oxygen atoms in total. The van der Waals surface area contributed by atoms with Gasteiger partial charge in [0.2, 0.25) is 5.95 Å². The van der Waals surface area contributed by atoms with Crippen LogP contribution in [-0.2, 0) is 17.3 Å². The topological polar surface area (TPSA) is 91.4 Å². The second-order valence-electron chi connectivity index (χ2n) is 7.68. The van der Waals surface area contributed by atoms with Gasteiger partial charge in [-0.15, -0.1) is 0 Å². The van der Waals surface area contributed by atoms with Gasteiger partial charge in [0.15, 0.2) is 0 Å². The second kappa shape index (κ2) is 8.94. The van der Waals surface area contributed by atoms with Gasteiger partial charge >= 0.3 is 12.3 Å². The molecule has 3 heterocycles. The zero-order valence-corrected chi connectivity index (χ0v) is 17.4. The molecule has 1 saturated heterocycles. The molecule has 1 amide bonds. The molecule has 1 N–H and O–H groups in total. The number of aromatic amines is 1. The minimum atomic E-state index is -4.74. The van der Waals surface area contributed by atoms with E-state index in [-0.39, 0.29) is 30.7 Å². The van der Waals surface area contributed by atoms with Crippen molar-refractivity contribution >= 4 is 12.0 Å². The Morgan fingerprint density at radius 1 is 1.23 bits per heavy atom. The number of ether oxygens (including phenoxy) is 1. The summed E-state index contributed by atoms with van der Waals surface area (Å²) in [5.74, 6) is 0.594. The summed E-state index contributed by atoms with van der Waals surface area (Å²) < 4.78 is 43.8. The van der Waals surface area contributed by atoms with Crippen LogP contribution in [0, 0.1) is 6.92 Å². The van der Waals surface area contributed by atoms with Crippen LogP contribution >= 0.6 is 0 Å². The van der Waals surface area contributed by atoms with Crippen LogP contribution in [0.4, 0.5) is 23.9 Å². The third-order valence-corrected chi connectivity index (χ3v) is 5.13. The molecular weight excluding hydrogens is 415 g/mol. The van der Waals surface area contributed by atoms with Crippen LogP contribution in [0.5, 0.6) is 0 Å². The third kappa shape index (κ3) is 5.33. The molecule has 1 aliphatic heterocycles. The number of piperazine rings is 1. The van der Waals surface area contributed by atoms with Crippen LogP contribution in [0.1, 0.15) is 30.5 Å². The molecule has 2 aromatic rings. The van der Waals surface area contributed by atoms with Crippen molar-refractivity contribution in [2.45, 2.75) is 45.5 Å². The number of alkyl halides is 3. The Labute approximate surface area is 177 Å². The highest BCUT2D eigenvalue weighted by Crippen LogP contribution is 2.26. The number of halogens is 3. The zero-order chi connectivity index (χ0) is 22.8. The number of aryl methyl sites for hydroxylation is 1. The fourth-order valence-corrected chi connectivity index (χ4v) is 3.42. The molecule has 0 aromatic carbocycles. The zero-order valence-electron chi connectivity index (χ0n) is 17.4. The number of hydrogen-bond acceptors (Lipinski definition) is 6. The summed E-state index contributed by atoms with van der Waals surface area (Å²) in [5, 5.41) is 0. The average Bonchev–Trinajstić information content (AvgIpc) is 2.70. The molecule has 168 valence electrons. The van der Waals surface area contributed by atoms with Gasteiger partial charge in [0.25, 0.3) is 5.56 Å². The predicted octanol–water partition coefficient (Wildman–Crippen LogP) is 2.77. The van der Waals surface area contributed by atoms with E-state index in [0.717, 1.165) is 11.6 Å². The van der Waals surface area contributed by atoms with E-state index < -0.39 is 23.4 Å². The van der Waals surface area contributed by atoms with Gasteiger partial charge in [-0.2, -0.15) is 13.2 Å². The van der Waals surface area contributed by atoms with Crippen molar-refractivity contribution in [2.75, 3.05) is 24.6 Å². The molecule has 31 heavy (non-hydrogen) atoms. The van der Waals surface area contributed by atoms with E-state index in [2.05, 4.69) is 15.0 Å². The minimum Gasteiger partial charge on any atom is -0.449 e. The number of carbonyl (C=O) groups is 1. The maximum Gasteiger partial charge on any atom is 0.421 e. The number of hydrogen-bond donors (Lipinski definition) is 1. The molecule has 0 bridgehead atoms. The van der Waals surface area contributed by atoms with Crippen LogP contribution in [0.25, 0.3) is 0 Å². The van der Waals surface area contributed by atoms with Crippen LogP contribution in [-0.4, -0.2) is 57.7 Å². The lowest BCUT2D eigenvalue weighted by molar-refractivity contribution is -0.138. The van der Waals surface area contributed by atoms with Crippen molar-refractivity contribution in [2.24, 2.45) is 0 Å². The first-order chi connectivity index (χ1) is 14.6. The highest BCUT2D eigenvalue weighted by Gasteiger charge is 2.35. The number of rotatable bonds is 4. The standard InChI is InChI=1S/C20H24F3N5O3/c1-12-7-25-18(26-8-12)27-10-14(3)28(11-13(27)2)19(30)31-5-4-15-6-16(20(21,22)23)17(29)24-9-15/h6-9,13-14H,4-5,10-11H2,1-3H3,(H,24,29)/t13-,14+/m1/s1. The van der Waals surface area contributed by atoms with Gasteiger partial charge in [0, 0.05) is 50.2 Å². The van der Waals surface area contributed by atoms with E-state index in [0.29, 0.717) is 19.0 Å². The first-order valence-corrected chi connectivity index (χ1v) is 9.83. The molecule has 0 radical (unpaired) electrons. The fourth-order valence-electron chi connectivity index (χ4n) is 3.42. The summed E-state index contributed by atoms with van der Waals surface area (Å²) in [6, 6.07) is 0.566. The summed E-state index contributed by atoms with van der Waals surface area (Å²) in [6.45, 7) is 6.55. The Kier molecular flexibility index (Phi) is 6.51. The molecule has 1 aliphatic rings. The summed E-state index contributed by atoms with van der Waals surface area (Å²) in [7, 11) is 0. The third-order valence-electron chi connectivity index (χ3n) is 5.13. The van der Waals surface area contributed by atoms with Crippen LogP contribution < -0.4 is 10.5 Å². The van der Waals surface area contributed by atoms with Gasteiger partial charge in [-0.1, -0.05) is 0 Å². The van der Waals surface area contributed by atoms with Gasteiger partial charge in [-0.3, -0.25) is 4.79 Å². The van der Waals surface area contributed by atoms with Gasteiger partial charge in [-0.05, 0) is 38.0 Å². The second-order valence-corrected chi connectivity index (χ2v) is 7.68. The number of amides is 1. The number of pyridine rings is 1. The first-order valence-electron chi connectivity index (χ1n) is 9.83. The van der Waals surface area contributed by atoms with E-state index in [1.54, 1.807) is 17.3 Å². The van der Waals surface area contributed by atoms with E-state index in [4.69, 9.17) is 4.74 Å². The lowest BCUT2D eigenvalue weighted by Gasteiger charge is -2.43. The Morgan fingerprint density at radius 3 is 2.55 bits per heavy atom. The van der Waals surface area contributed by atoms with Gasteiger partial charge in [-0.25, -0.2) is 14.8 Å². The molecule has 1 fully saturated rings. The smallest absolute Gasteiger partial charge is 0.421 e. The molecule has 2 aromatic heterocycles. The highest BCUT2D eigenvalue weighted by molar-refractivity contribution is 5.68. The van der Waals surface area contributed by atoms with E-state index in [9.17, 15) is 22.8 Å². The maximum atomic E-state index is 12.9. The van der Waals surface area contributed by atoms with E-state index in [1.807, 2.05) is 25.7 Å². The number of nitrogens with zero attached hydrogens (tertiary/aromatic N) is 4. The summed E-state index contributed by atoms with van der Waals surface area (Å²) in [4.78, 5) is 38.2. The van der Waals surface area contributed by atoms with Crippen LogP contribution in [0.3, 0.4) is 0 Å². The summed E-state index contributed by atoms with van der Waals surface area (Å²) >= 11 is 0. The Morgan fingerprint density at radius 2 is 1.90 bits per heavy atom. The van der Waals surface area contributed by atoms with E-state index in [1.165, 1.54) is 6.20 Å². The summed E-state index contributed by atoms with van der Waals surface area (Å²) in [6.07, 6.45) is -0.567. The first kappa shape index (κ1) is 22.6. The van der Waals surface area contributed by atoms with Gasteiger partial charge in [0.1, 0.15) is 5.56 Å². The summed E-state index contributed by atoms with van der Waals surface area (Å²) in [5.41, 5.74) is -1.29. The average molecular weight is 439 g/mol. The van der Waals surface area contributed by atoms with Crippen LogP contribution in [0.15, 0.2) is 29.5 Å². The number of nitrogens with one attached hydrogen (secondary N) is 1. The number of H-pyrrole nitrogens is 1. The molecule has 3 rings (SSSR count). The van der Waals surface area contributed by atoms with Crippen molar-refractivity contribution in [1.82, 2.24) is 19.9 Å².